The van der Waals surface area contributed by atoms with Crippen molar-refractivity contribution in [3.8, 4) is 0 Å². The molecule has 0 radical (unpaired) electrons. The van der Waals surface area contributed by atoms with Gasteiger partial charge in [-0.05, 0) is 35.9 Å². The molecule has 0 aromatic heterocycles. The van der Waals surface area contributed by atoms with Gasteiger partial charge in [0, 0.05) is 30.8 Å². The minimum atomic E-state index is -0.562. The first-order chi connectivity index (χ1) is 18.0. The zero-order valence-corrected chi connectivity index (χ0v) is 21.1. The van der Waals surface area contributed by atoms with Gasteiger partial charge in [0.15, 0.2) is 6.29 Å². The first-order valence-electron chi connectivity index (χ1n) is 12.4. The van der Waals surface area contributed by atoms with Crippen molar-refractivity contribution < 1.29 is 24.1 Å². The summed E-state index contributed by atoms with van der Waals surface area (Å²) in [5.41, 5.74) is 4.63. The molecule has 194 valence electrons. The normalized spacial score (nSPS) is 19.4. The zero-order valence-electron chi connectivity index (χ0n) is 21.1. The highest BCUT2D eigenvalue weighted by atomic mass is 16.7. The second-order valence-corrected chi connectivity index (χ2v) is 9.17. The quantitative estimate of drug-likeness (QED) is 0.352. The number of likely N-dealkylation sites (N-methyl/N-ethyl adjacent to an activating group) is 1. The van der Waals surface area contributed by atoms with Crippen LogP contribution in [0.15, 0.2) is 91.5 Å². The lowest BCUT2D eigenvalue weighted by Gasteiger charge is -2.38. The van der Waals surface area contributed by atoms with E-state index in [1.807, 2.05) is 54.6 Å². The predicted octanol–water partition coefficient (Wildman–Crippen LogP) is 5.59. The third-order valence-corrected chi connectivity index (χ3v) is 6.19. The molecule has 37 heavy (non-hydrogen) atoms. The van der Waals surface area contributed by atoms with Gasteiger partial charge in [0.1, 0.15) is 6.61 Å². The number of ether oxygens (including phenoxy) is 3. The van der Waals surface area contributed by atoms with Crippen molar-refractivity contribution in [2.45, 2.75) is 38.1 Å². The standard InChI is InChI=1S/C30H34N2O5/c1-3-17-35-30(34)31-26-15-13-25(14-16-26)29-36-27(20-32(2)19-22-7-5-4-6-8-22)18-28(37-29)24-11-9-23(21-33)10-12-24/h3-16,27-29,33H,1,17-21H2,2H3,(H,31,34)/t27-,28+,29+/m0/s1. The molecule has 0 unspecified atom stereocenters. The van der Waals surface area contributed by atoms with Crippen LogP contribution in [-0.2, 0) is 27.4 Å². The summed E-state index contributed by atoms with van der Waals surface area (Å²) < 4.78 is 17.8. The number of rotatable bonds is 10. The number of aliphatic hydroxyl groups excluding tert-OH is 1. The van der Waals surface area contributed by atoms with Crippen LogP contribution in [0.5, 0.6) is 0 Å². The van der Waals surface area contributed by atoms with Gasteiger partial charge >= 0.3 is 6.09 Å². The summed E-state index contributed by atoms with van der Waals surface area (Å²) in [5.74, 6) is 0. The highest BCUT2D eigenvalue weighted by Crippen LogP contribution is 2.38. The smallest absolute Gasteiger partial charge is 0.411 e. The summed E-state index contributed by atoms with van der Waals surface area (Å²) in [7, 11) is 2.10. The van der Waals surface area contributed by atoms with Gasteiger partial charge in [0.05, 0.1) is 18.8 Å². The van der Waals surface area contributed by atoms with Crippen molar-refractivity contribution in [3.63, 3.8) is 0 Å². The molecule has 0 bridgehead atoms. The summed E-state index contributed by atoms with van der Waals surface area (Å²) >= 11 is 0. The van der Waals surface area contributed by atoms with Crippen LogP contribution in [0, 0.1) is 0 Å². The number of aliphatic hydroxyl groups is 1. The molecule has 1 heterocycles. The summed E-state index contributed by atoms with van der Waals surface area (Å²) in [4.78, 5) is 14.1. The molecule has 1 fully saturated rings. The SMILES string of the molecule is C=CCOC(=O)Nc1ccc([C@@H]2O[C@H](CN(C)Cc3ccccc3)C[C@H](c3ccc(CO)cc3)O2)cc1. The van der Waals surface area contributed by atoms with E-state index < -0.39 is 12.4 Å². The Morgan fingerprint density at radius 3 is 2.41 bits per heavy atom. The average molecular weight is 503 g/mol. The van der Waals surface area contributed by atoms with Crippen LogP contribution < -0.4 is 5.32 Å². The van der Waals surface area contributed by atoms with E-state index in [0.717, 1.165) is 29.8 Å². The van der Waals surface area contributed by atoms with Crippen LogP contribution in [-0.4, -0.2) is 42.4 Å². The van der Waals surface area contributed by atoms with E-state index in [0.29, 0.717) is 12.1 Å². The van der Waals surface area contributed by atoms with E-state index in [1.165, 1.54) is 11.6 Å². The van der Waals surface area contributed by atoms with Crippen LogP contribution in [0.3, 0.4) is 0 Å². The number of hydrogen-bond acceptors (Lipinski definition) is 6. The predicted molar refractivity (Wildman–Crippen MR) is 143 cm³/mol. The Bertz CT molecular complexity index is 1130. The van der Waals surface area contributed by atoms with E-state index in [2.05, 4.69) is 36.0 Å². The van der Waals surface area contributed by atoms with Gasteiger partial charge in [0.2, 0.25) is 0 Å². The van der Waals surface area contributed by atoms with E-state index in [9.17, 15) is 9.90 Å². The van der Waals surface area contributed by atoms with Crippen molar-refractivity contribution >= 4 is 11.8 Å². The molecule has 0 saturated carbocycles. The van der Waals surface area contributed by atoms with E-state index in [4.69, 9.17) is 14.2 Å². The van der Waals surface area contributed by atoms with Crippen LogP contribution in [0.25, 0.3) is 0 Å². The third kappa shape index (κ3) is 7.74. The molecule has 1 aliphatic heterocycles. The molecular formula is C30H34N2O5. The summed E-state index contributed by atoms with van der Waals surface area (Å²) in [5, 5.41) is 12.1. The van der Waals surface area contributed by atoms with Crippen LogP contribution in [0.1, 0.15) is 41.1 Å². The molecule has 3 aromatic carbocycles. The molecule has 3 atom stereocenters. The lowest BCUT2D eigenvalue weighted by atomic mass is 9.99. The maximum atomic E-state index is 11.8. The lowest BCUT2D eigenvalue weighted by Crippen LogP contribution is -2.37. The lowest BCUT2D eigenvalue weighted by molar-refractivity contribution is -0.252. The van der Waals surface area contributed by atoms with Crippen molar-refractivity contribution in [2.75, 3.05) is 25.5 Å². The van der Waals surface area contributed by atoms with E-state index in [1.54, 1.807) is 12.1 Å². The maximum Gasteiger partial charge on any atom is 0.411 e. The number of nitrogens with zero attached hydrogens (tertiary/aromatic N) is 1. The van der Waals surface area contributed by atoms with Gasteiger partial charge < -0.3 is 19.3 Å². The molecule has 7 nitrogen and oxygen atoms in total. The van der Waals surface area contributed by atoms with Gasteiger partial charge in [-0.3, -0.25) is 10.2 Å². The molecule has 0 spiro atoms. The first-order valence-corrected chi connectivity index (χ1v) is 12.4. The van der Waals surface area contributed by atoms with Crippen LogP contribution in [0.2, 0.25) is 0 Å². The second kappa shape index (κ2) is 13.2. The molecule has 0 aliphatic carbocycles. The van der Waals surface area contributed by atoms with Crippen molar-refractivity contribution in [2.24, 2.45) is 0 Å². The number of amides is 1. The first kappa shape index (κ1) is 26.6. The summed E-state index contributed by atoms with van der Waals surface area (Å²) in [6.45, 7) is 5.26. The monoisotopic (exact) mass is 502 g/mol. The molecule has 2 N–H and O–H groups in total. The van der Waals surface area contributed by atoms with E-state index in [-0.39, 0.29) is 25.4 Å². The Morgan fingerprint density at radius 1 is 1.03 bits per heavy atom. The highest BCUT2D eigenvalue weighted by molar-refractivity contribution is 5.84. The summed E-state index contributed by atoms with van der Waals surface area (Å²) in [6.07, 6.45) is 0.916. The van der Waals surface area contributed by atoms with Gasteiger partial charge in [-0.2, -0.15) is 0 Å². The maximum absolute atomic E-state index is 11.8. The topological polar surface area (TPSA) is 80.3 Å². The Morgan fingerprint density at radius 2 is 1.73 bits per heavy atom. The zero-order chi connectivity index (χ0) is 26.0. The minimum Gasteiger partial charge on any atom is -0.445 e. The number of carbonyl (C=O) groups excluding carboxylic acids is 1. The minimum absolute atomic E-state index is 0.00591. The Balaban J connectivity index is 1.47. The number of anilines is 1. The van der Waals surface area contributed by atoms with Crippen LogP contribution in [0.4, 0.5) is 10.5 Å². The molecule has 7 heteroatoms. The molecule has 1 amide bonds. The number of hydrogen-bond donors (Lipinski definition) is 2. The molecular weight excluding hydrogens is 468 g/mol. The highest BCUT2D eigenvalue weighted by Gasteiger charge is 2.32. The van der Waals surface area contributed by atoms with Crippen LogP contribution >= 0.6 is 0 Å². The fourth-order valence-electron chi connectivity index (χ4n) is 4.35. The average Bonchev–Trinajstić information content (AvgIpc) is 2.92. The Labute approximate surface area is 218 Å². The van der Waals surface area contributed by atoms with Gasteiger partial charge in [0.25, 0.3) is 0 Å². The largest absolute Gasteiger partial charge is 0.445 e. The number of benzene rings is 3. The fourth-order valence-corrected chi connectivity index (χ4v) is 4.35. The number of carbonyl (C=O) groups is 1. The van der Waals surface area contributed by atoms with Gasteiger partial charge in [-0.15, -0.1) is 0 Å². The Kier molecular flexibility index (Phi) is 9.46. The van der Waals surface area contributed by atoms with Gasteiger partial charge in [-0.1, -0.05) is 79.4 Å². The third-order valence-electron chi connectivity index (χ3n) is 6.19. The summed E-state index contributed by atoms with van der Waals surface area (Å²) in [6, 6.07) is 25.6. The van der Waals surface area contributed by atoms with Crippen molar-refractivity contribution in [1.29, 1.82) is 0 Å². The van der Waals surface area contributed by atoms with Gasteiger partial charge in [-0.25, -0.2) is 4.79 Å². The second-order valence-electron chi connectivity index (χ2n) is 9.17. The Hall–Kier alpha value is -3.49. The van der Waals surface area contributed by atoms with Crippen molar-refractivity contribution in [3.05, 3.63) is 114 Å². The molecule has 1 saturated heterocycles. The van der Waals surface area contributed by atoms with Crippen molar-refractivity contribution in [1.82, 2.24) is 4.90 Å². The molecule has 3 aromatic rings. The molecule has 1 aliphatic rings. The van der Waals surface area contributed by atoms with E-state index >= 15 is 0 Å². The number of nitrogens with one attached hydrogen (secondary N) is 1. The molecule has 4 rings (SSSR count). The fraction of sp³-hybridized carbons (Fsp3) is 0.300.